The summed E-state index contributed by atoms with van der Waals surface area (Å²) in [6.07, 6.45) is 5.09. The molecule has 1 atom stereocenters. The molecule has 3 heterocycles. The van der Waals surface area contributed by atoms with Crippen molar-refractivity contribution in [3.63, 3.8) is 0 Å². The van der Waals surface area contributed by atoms with Gasteiger partial charge in [-0.1, -0.05) is 13.0 Å². The van der Waals surface area contributed by atoms with E-state index in [1.165, 1.54) is 58.9 Å². The summed E-state index contributed by atoms with van der Waals surface area (Å²) in [5.74, 6) is 3.35. The van der Waals surface area contributed by atoms with E-state index in [4.69, 9.17) is 9.98 Å². The molecule has 1 aromatic heterocycles. The quantitative estimate of drug-likeness (QED) is 0.808. The number of likely N-dealkylation sites (tertiary alicyclic amines) is 1. The van der Waals surface area contributed by atoms with Gasteiger partial charge in [-0.25, -0.2) is 4.98 Å². The van der Waals surface area contributed by atoms with Gasteiger partial charge in [0.1, 0.15) is 0 Å². The molecule has 3 nitrogen and oxygen atoms in total. The Morgan fingerprint density at radius 1 is 1.16 bits per heavy atom. The molecule has 2 aromatic rings. The summed E-state index contributed by atoms with van der Waals surface area (Å²) in [5, 5.41) is 1.37. The van der Waals surface area contributed by atoms with Gasteiger partial charge in [0.25, 0.3) is 0 Å². The molecular formula is C21H27N3S. The Hall–Kier alpha value is -1.26. The number of thiazole rings is 1. The minimum Gasteiger partial charge on any atom is -0.306 e. The number of aromatic nitrogens is 1. The summed E-state index contributed by atoms with van der Waals surface area (Å²) in [6.45, 7) is 5.89. The lowest BCUT2D eigenvalue weighted by molar-refractivity contribution is 0.0358. The SMILES string of the molecule is CC1CCC(c2ccc3sc(C4CC(C5CN(C)C5)C4)nc3c2)=NC1. The van der Waals surface area contributed by atoms with E-state index in [0.717, 1.165) is 30.7 Å². The van der Waals surface area contributed by atoms with Crippen molar-refractivity contribution in [2.45, 2.75) is 38.5 Å². The number of fused-ring (bicyclic) bond motifs is 1. The molecular weight excluding hydrogens is 326 g/mol. The summed E-state index contributed by atoms with van der Waals surface area (Å²) < 4.78 is 1.34. The molecule has 0 bridgehead atoms. The Balaban J connectivity index is 1.31. The van der Waals surface area contributed by atoms with Gasteiger partial charge in [0.15, 0.2) is 0 Å². The number of benzene rings is 1. The fourth-order valence-electron chi connectivity index (χ4n) is 4.65. The van der Waals surface area contributed by atoms with Gasteiger partial charge < -0.3 is 4.90 Å². The van der Waals surface area contributed by atoms with Gasteiger partial charge in [0, 0.05) is 31.3 Å². The third-order valence-corrected chi connectivity index (χ3v) is 7.69. The fraction of sp³-hybridized carbons (Fsp3) is 0.619. The predicted octanol–water partition coefficient (Wildman–Crippen LogP) is 4.57. The van der Waals surface area contributed by atoms with Gasteiger partial charge in [0.2, 0.25) is 0 Å². The normalized spacial score (nSPS) is 30.8. The van der Waals surface area contributed by atoms with Crippen LogP contribution in [0.5, 0.6) is 0 Å². The summed E-state index contributed by atoms with van der Waals surface area (Å²) >= 11 is 1.92. The first-order chi connectivity index (χ1) is 12.2. The maximum atomic E-state index is 5.01. The Bertz CT molecular complexity index is 812. The van der Waals surface area contributed by atoms with E-state index in [1.807, 2.05) is 11.3 Å². The highest BCUT2D eigenvalue weighted by molar-refractivity contribution is 7.18. The van der Waals surface area contributed by atoms with Crippen LogP contribution in [0.25, 0.3) is 10.2 Å². The monoisotopic (exact) mass is 353 g/mol. The van der Waals surface area contributed by atoms with Crippen LogP contribution in [0.2, 0.25) is 0 Å². The highest BCUT2D eigenvalue weighted by atomic mass is 32.1. The summed E-state index contributed by atoms with van der Waals surface area (Å²) in [6, 6.07) is 6.80. The predicted molar refractivity (Wildman–Crippen MR) is 106 cm³/mol. The second-order valence-electron chi connectivity index (χ2n) is 8.58. The van der Waals surface area contributed by atoms with Gasteiger partial charge >= 0.3 is 0 Å². The molecule has 1 aliphatic carbocycles. The van der Waals surface area contributed by atoms with Crippen molar-refractivity contribution in [2.75, 3.05) is 26.7 Å². The third kappa shape index (κ3) is 2.93. The van der Waals surface area contributed by atoms with Crippen molar-refractivity contribution >= 4 is 27.3 Å². The van der Waals surface area contributed by atoms with E-state index in [0.29, 0.717) is 5.92 Å². The molecule has 1 saturated carbocycles. The van der Waals surface area contributed by atoms with Crippen molar-refractivity contribution in [2.24, 2.45) is 22.7 Å². The van der Waals surface area contributed by atoms with E-state index >= 15 is 0 Å². The van der Waals surface area contributed by atoms with Crippen LogP contribution in [-0.4, -0.2) is 42.3 Å². The molecule has 3 aliphatic rings. The van der Waals surface area contributed by atoms with Crippen LogP contribution in [0.15, 0.2) is 23.2 Å². The zero-order valence-electron chi connectivity index (χ0n) is 15.2. The standard InChI is InChI=1S/C21H27N3S/c1-13-3-5-18(22-10-13)14-4-6-20-19(9-14)23-21(25-20)16-7-15(8-16)17-11-24(2)12-17/h4,6,9,13,15-17H,3,5,7-8,10-12H2,1-2H3. The molecule has 0 radical (unpaired) electrons. The van der Waals surface area contributed by atoms with Crippen LogP contribution in [0.3, 0.4) is 0 Å². The van der Waals surface area contributed by atoms with E-state index < -0.39 is 0 Å². The molecule has 1 saturated heterocycles. The van der Waals surface area contributed by atoms with Crippen molar-refractivity contribution in [1.82, 2.24) is 9.88 Å². The van der Waals surface area contributed by atoms with Gasteiger partial charge in [-0.05, 0) is 68.2 Å². The largest absolute Gasteiger partial charge is 0.306 e. The zero-order chi connectivity index (χ0) is 17.0. The smallest absolute Gasteiger partial charge is 0.0969 e. The molecule has 1 aromatic carbocycles. The first-order valence-electron chi connectivity index (χ1n) is 9.78. The Morgan fingerprint density at radius 3 is 2.72 bits per heavy atom. The third-order valence-electron chi connectivity index (χ3n) is 6.49. The van der Waals surface area contributed by atoms with E-state index in [2.05, 4.69) is 37.1 Å². The minimum absolute atomic E-state index is 0.713. The Morgan fingerprint density at radius 2 is 2.00 bits per heavy atom. The maximum absolute atomic E-state index is 5.01. The highest BCUT2D eigenvalue weighted by Crippen LogP contribution is 2.48. The van der Waals surface area contributed by atoms with E-state index in [9.17, 15) is 0 Å². The van der Waals surface area contributed by atoms with Crippen LogP contribution in [0, 0.1) is 17.8 Å². The van der Waals surface area contributed by atoms with Gasteiger partial charge in [-0.15, -0.1) is 11.3 Å². The average molecular weight is 354 g/mol. The first-order valence-corrected chi connectivity index (χ1v) is 10.6. The molecule has 4 heteroatoms. The lowest BCUT2D eigenvalue weighted by atomic mass is 9.66. The van der Waals surface area contributed by atoms with E-state index in [1.54, 1.807) is 0 Å². The van der Waals surface area contributed by atoms with Gasteiger partial charge in [-0.2, -0.15) is 0 Å². The van der Waals surface area contributed by atoms with Crippen LogP contribution < -0.4 is 0 Å². The van der Waals surface area contributed by atoms with Crippen molar-refractivity contribution in [3.8, 4) is 0 Å². The van der Waals surface area contributed by atoms with Crippen LogP contribution in [0.1, 0.15) is 49.1 Å². The number of hydrogen-bond donors (Lipinski definition) is 0. The molecule has 0 spiro atoms. The Labute approximate surface area is 154 Å². The van der Waals surface area contributed by atoms with Gasteiger partial charge in [-0.3, -0.25) is 4.99 Å². The maximum Gasteiger partial charge on any atom is 0.0969 e. The fourth-order valence-corrected chi connectivity index (χ4v) is 5.72. The van der Waals surface area contributed by atoms with Crippen molar-refractivity contribution in [3.05, 3.63) is 28.8 Å². The molecule has 132 valence electrons. The molecule has 1 unspecified atom stereocenters. The van der Waals surface area contributed by atoms with Crippen molar-refractivity contribution in [1.29, 1.82) is 0 Å². The molecule has 25 heavy (non-hydrogen) atoms. The van der Waals surface area contributed by atoms with Crippen molar-refractivity contribution < 1.29 is 0 Å². The first kappa shape index (κ1) is 16.0. The minimum atomic E-state index is 0.713. The van der Waals surface area contributed by atoms with Gasteiger partial charge in [0.05, 0.1) is 15.2 Å². The number of aliphatic imine (C=N–C) groups is 1. The number of hydrogen-bond acceptors (Lipinski definition) is 4. The second-order valence-corrected chi connectivity index (χ2v) is 9.64. The van der Waals surface area contributed by atoms with Crippen LogP contribution in [0.4, 0.5) is 0 Å². The Kier molecular flexibility index (Phi) is 3.94. The number of rotatable bonds is 3. The molecule has 0 N–H and O–H groups in total. The van der Waals surface area contributed by atoms with Crippen LogP contribution in [-0.2, 0) is 0 Å². The van der Waals surface area contributed by atoms with E-state index in [-0.39, 0.29) is 0 Å². The second kappa shape index (κ2) is 6.17. The lowest BCUT2D eigenvalue weighted by Crippen LogP contribution is -2.50. The molecule has 2 aliphatic heterocycles. The summed E-state index contributed by atoms with van der Waals surface area (Å²) in [7, 11) is 2.23. The lowest BCUT2D eigenvalue weighted by Gasteiger charge is -2.47. The summed E-state index contributed by atoms with van der Waals surface area (Å²) in [5.41, 5.74) is 3.76. The topological polar surface area (TPSA) is 28.5 Å². The molecule has 5 rings (SSSR count). The molecule has 2 fully saturated rings. The van der Waals surface area contributed by atoms with Crippen LogP contribution >= 0.6 is 11.3 Å². The number of nitrogens with zero attached hydrogens (tertiary/aromatic N) is 3. The highest BCUT2D eigenvalue weighted by Gasteiger charge is 2.41. The molecule has 0 amide bonds. The zero-order valence-corrected chi connectivity index (χ0v) is 16.1. The summed E-state index contributed by atoms with van der Waals surface area (Å²) in [4.78, 5) is 12.2. The average Bonchev–Trinajstić information content (AvgIpc) is 2.95.